The molecule has 26 heavy (non-hydrogen) atoms. The fourth-order valence-corrected chi connectivity index (χ4v) is 2.31. The zero-order valence-electron chi connectivity index (χ0n) is 12.4. The van der Waals surface area contributed by atoms with E-state index in [2.05, 4.69) is 0 Å². The van der Waals surface area contributed by atoms with Crippen LogP contribution in [-0.2, 0) is 9.59 Å². The average molecular weight is 386 g/mol. The summed E-state index contributed by atoms with van der Waals surface area (Å²) < 4.78 is 15.2. The molecule has 8 nitrogen and oxygen atoms in total. The molecule has 0 unspecified atom stereocenters. The van der Waals surface area contributed by atoms with Crippen LogP contribution in [0.15, 0.2) is 23.1 Å². The largest absolute Gasteiger partial charge is 0.477 e. The molecule has 1 saturated carbocycles. The number of hydrogen-bond acceptors (Lipinski definition) is 4. The van der Waals surface area contributed by atoms with Gasteiger partial charge in [0.25, 0.3) is 0 Å². The summed E-state index contributed by atoms with van der Waals surface area (Å²) in [5, 5.41) is 23.8. The van der Waals surface area contributed by atoms with Crippen molar-refractivity contribution in [1.29, 1.82) is 0 Å². The molecule has 0 bridgehead atoms. The van der Waals surface area contributed by atoms with Gasteiger partial charge >= 0.3 is 17.9 Å². The van der Waals surface area contributed by atoms with Gasteiger partial charge in [0.2, 0.25) is 5.43 Å². The molecule has 0 spiro atoms. The zero-order chi connectivity index (χ0) is 18.9. The molecule has 1 heterocycles. The molecular formula is C15H14BClFNO7. The SMILES string of the molecule is B.O=C(O)C(=O)O.O=C(O)c1cn(C2CC2)c2cc(Cl)c(F)cc2c1=O. The maximum absolute atomic E-state index is 13.5. The Balaban J connectivity index is 0.000000422. The average Bonchev–Trinajstić information content (AvgIpc) is 3.34. The first-order valence-electron chi connectivity index (χ1n) is 6.87. The predicted molar refractivity (Wildman–Crippen MR) is 93.6 cm³/mol. The lowest BCUT2D eigenvalue weighted by atomic mass is 10.1. The van der Waals surface area contributed by atoms with Crippen molar-refractivity contribution in [3.8, 4) is 0 Å². The van der Waals surface area contributed by atoms with Gasteiger partial charge in [0.05, 0.1) is 19.0 Å². The quantitative estimate of drug-likeness (QED) is 0.514. The summed E-state index contributed by atoms with van der Waals surface area (Å²) in [6.07, 6.45) is 3.14. The van der Waals surface area contributed by atoms with Gasteiger partial charge in [-0.2, -0.15) is 0 Å². The van der Waals surface area contributed by atoms with Crippen LogP contribution in [0.3, 0.4) is 0 Å². The Hall–Kier alpha value is -2.88. The molecule has 3 rings (SSSR count). The van der Waals surface area contributed by atoms with E-state index in [9.17, 15) is 14.0 Å². The van der Waals surface area contributed by atoms with Gasteiger partial charge in [0.1, 0.15) is 11.4 Å². The Morgan fingerprint density at radius 3 is 2.08 bits per heavy atom. The van der Waals surface area contributed by atoms with Gasteiger partial charge in [-0.05, 0) is 25.0 Å². The standard InChI is InChI=1S/C13H9ClFNO3.C2H2O4.BH3/c14-9-4-11-7(3-10(9)15)12(17)8(13(18)19)5-16(11)6-1-2-6;3-1(4)2(5)6;/h3-6H,1-2H2,(H,18,19);(H,3,4)(H,5,6);1H3. The Morgan fingerprint density at radius 2 is 1.65 bits per heavy atom. The summed E-state index contributed by atoms with van der Waals surface area (Å²) in [5.74, 6) is -5.68. The van der Waals surface area contributed by atoms with Crippen molar-refractivity contribution >= 4 is 48.8 Å². The van der Waals surface area contributed by atoms with E-state index in [1.165, 1.54) is 12.3 Å². The molecule has 2 aromatic rings. The number of hydrogen-bond donors (Lipinski definition) is 3. The second-order valence-electron chi connectivity index (χ2n) is 5.21. The fraction of sp³-hybridized carbons (Fsp3) is 0.200. The summed E-state index contributed by atoms with van der Waals surface area (Å²) >= 11 is 5.73. The van der Waals surface area contributed by atoms with Gasteiger partial charge in [0.15, 0.2) is 0 Å². The van der Waals surface area contributed by atoms with E-state index in [1.807, 2.05) is 0 Å². The van der Waals surface area contributed by atoms with Crippen molar-refractivity contribution in [2.24, 2.45) is 0 Å². The third-order valence-electron chi connectivity index (χ3n) is 3.43. The molecule has 138 valence electrons. The number of benzene rings is 1. The van der Waals surface area contributed by atoms with Crippen molar-refractivity contribution in [3.63, 3.8) is 0 Å². The summed E-state index contributed by atoms with van der Waals surface area (Å²) in [5.41, 5.74) is -0.556. The van der Waals surface area contributed by atoms with Crippen molar-refractivity contribution in [2.45, 2.75) is 18.9 Å². The molecular weight excluding hydrogens is 371 g/mol. The number of carboxylic acids is 3. The molecule has 1 aromatic carbocycles. The molecule has 1 aromatic heterocycles. The normalized spacial score (nSPS) is 12.5. The maximum atomic E-state index is 13.5. The van der Waals surface area contributed by atoms with Gasteiger partial charge in [-0.1, -0.05) is 11.6 Å². The van der Waals surface area contributed by atoms with Crippen molar-refractivity contribution in [1.82, 2.24) is 4.57 Å². The molecule has 1 aliphatic carbocycles. The van der Waals surface area contributed by atoms with Crippen LogP contribution in [0.25, 0.3) is 10.9 Å². The smallest absolute Gasteiger partial charge is 0.414 e. The molecule has 0 amide bonds. The second kappa shape index (κ2) is 8.00. The summed E-state index contributed by atoms with van der Waals surface area (Å²) in [4.78, 5) is 41.3. The lowest BCUT2D eigenvalue weighted by Gasteiger charge is -2.11. The van der Waals surface area contributed by atoms with E-state index < -0.39 is 29.2 Å². The number of carbonyl (C=O) groups is 3. The molecule has 0 atom stereocenters. The Morgan fingerprint density at radius 1 is 1.12 bits per heavy atom. The molecule has 0 aliphatic heterocycles. The van der Waals surface area contributed by atoms with Crippen LogP contribution >= 0.6 is 11.6 Å². The predicted octanol–water partition coefficient (Wildman–Crippen LogP) is 0.799. The van der Waals surface area contributed by atoms with Crippen LogP contribution in [0.5, 0.6) is 0 Å². The molecule has 0 radical (unpaired) electrons. The van der Waals surface area contributed by atoms with E-state index in [4.69, 9.17) is 36.5 Å². The number of aromatic nitrogens is 1. The van der Waals surface area contributed by atoms with Gasteiger partial charge in [0, 0.05) is 17.6 Å². The number of rotatable bonds is 2. The molecule has 0 saturated heterocycles. The van der Waals surface area contributed by atoms with Crippen LogP contribution in [0.1, 0.15) is 29.2 Å². The van der Waals surface area contributed by atoms with Crippen LogP contribution in [0.4, 0.5) is 4.39 Å². The Labute approximate surface area is 152 Å². The zero-order valence-corrected chi connectivity index (χ0v) is 13.2. The van der Waals surface area contributed by atoms with Crippen LogP contribution in [0, 0.1) is 5.82 Å². The molecule has 1 fully saturated rings. The third-order valence-corrected chi connectivity index (χ3v) is 3.72. The lowest BCUT2D eigenvalue weighted by molar-refractivity contribution is -0.159. The topological polar surface area (TPSA) is 134 Å². The molecule has 3 N–H and O–H groups in total. The van der Waals surface area contributed by atoms with E-state index in [1.54, 1.807) is 4.57 Å². The Bertz CT molecular complexity index is 943. The van der Waals surface area contributed by atoms with Crippen LogP contribution in [0.2, 0.25) is 5.02 Å². The lowest BCUT2D eigenvalue weighted by Crippen LogP contribution is -2.18. The van der Waals surface area contributed by atoms with E-state index in [0.29, 0.717) is 5.52 Å². The number of aromatic carboxylic acids is 1. The number of fused-ring (bicyclic) bond motifs is 1. The van der Waals surface area contributed by atoms with Gasteiger partial charge in [-0.15, -0.1) is 0 Å². The maximum Gasteiger partial charge on any atom is 0.414 e. The third kappa shape index (κ3) is 4.39. The highest BCUT2D eigenvalue weighted by molar-refractivity contribution is 6.31. The van der Waals surface area contributed by atoms with Crippen LogP contribution in [-0.4, -0.2) is 46.2 Å². The van der Waals surface area contributed by atoms with E-state index >= 15 is 0 Å². The van der Waals surface area contributed by atoms with Crippen LogP contribution < -0.4 is 5.43 Å². The highest BCUT2D eigenvalue weighted by atomic mass is 35.5. The number of aliphatic carboxylic acids is 2. The van der Waals surface area contributed by atoms with Gasteiger partial charge < -0.3 is 19.9 Å². The highest BCUT2D eigenvalue weighted by Crippen LogP contribution is 2.37. The summed E-state index contributed by atoms with van der Waals surface area (Å²) in [7, 11) is 0. The minimum atomic E-state index is -1.82. The number of halogens is 2. The first kappa shape index (κ1) is 21.2. The first-order chi connectivity index (χ1) is 11.6. The molecule has 11 heteroatoms. The minimum Gasteiger partial charge on any atom is -0.477 e. The monoisotopic (exact) mass is 385 g/mol. The molecule has 1 aliphatic rings. The number of carboxylic acid groups (broad SMARTS) is 3. The van der Waals surface area contributed by atoms with Crippen molar-refractivity contribution in [3.05, 3.63) is 45.0 Å². The summed E-state index contributed by atoms with van der Waals surface area (Å²) in [6.45, 7) is 0. The summed E-state index contributed by atoms with van der Waals surface area (Å²) in [6, 6.07) is 2.53. The minimum absolute atomic E-state index is 0. The van der Waals surface area contributed by atoms with E-state index in [-0.39, 0.29) is 30.4 Å². The fourth-order valence-electron chi connectivity index (χ4n) is 2.15. The van der Waals surface area contributed by atoms with Crippen molar-refractivity contribution in [2.75, 3.05) is 0 Å². The van der Waals surface area contributed by atoms with Gasteiger partial charge in [-0.3, -0.25) is 4.79 Å². The second-order valence-corrected chi connectivity index (χ2v) is 5.62. The van der Waals surface area contributed by atoms with E-state index in [0.717, 1.165) is 18.9 Å². The highest BCUT2D eigenvalue weighted by Gasteiger charge is 2.27. The Kier molecular flexibility index (Phi) is 6.52. The first-order valence-corrected chi connectivity index (χ1v) is 7.24. The van der Waals surface area contributed by atoms with Gasteiger partial charge in [-0.25, -0.2) is 18.8 Å². The number of nitrogens with zero attached hydrogens (tertiary/aromatic N) is 1. The number of pyridine rings is 1. The van der Waals surface area contributed by atoms with Crippen molar-refractivity contribution < 1.29 is 34.1 Å².